The molecule has 2 aliphatic heterocycles. The minimum atomic E-state index is -1.17. The molecule has 2 fully saturated rings. The number of aromatic nitrogens is 4. The smallest absolute Gasteiger partial charge is 0.237 e. The van der Waals surface area contributed by atoms with Crippen LogP contribution in [0.4, 0.5) is 5.82 Å². The third-order valence-electron chi connectivity index (χ3n) is 5.02. The number of nitrogens with two attached hydrogens (primary N) is 2. The van der Waals surface area contributed by atoms with Crippen molar-refractivity contribution in [2.24, 2.45) is 5.73 Å². The number of rotatable bonds is 3. The summed E-state index contributed by atoms with van der Waals surface area (Å²) in [6.07, 6.45) is 0.593. The molecule has 11 nitrogen and oxygen atoms in total. The van der Waals surface area contributed by atoms with Crippen molar-refractivity contribution in [3.8, 4) is 0 Å². The van der Waals surface area contributed by atoms with Crippen LogP contribution in [0.2, 0.25) is 0 Å². The average Bonchev–Trinajstić information content (AvgIpc) is 3.16. The summed E-state index contributed by atoms with van der Waals surface area (Å²) in [6, 6.07) is -0.660. The third-order valence-corrected chi connectivity index (χ3v) is 5.02. The summed E-state index contributed by atoms with van der Waals surface area (Å²) >= 11 is 0. The number of imidazole rings is 1. The number of carbonyl (C=O) groups excluding carboxylic acids is 1. The fourth-order valence-corrected chi connectivity index (χ4v) is 3.56. The second-order valence-electron chi connectivity index (χ2n) is 6.75. The molecule has 7 N–H and O–H groups in total. The molecule has 1 amide bonds. The lowest BCUT2D eigenvalue weighted by Crippen LogP contribution is -2.52. The zero-order valence-electron chi connectivity index (χ0n) is 13.9. The van der Waals surface area contributed by atoms with Gasteiger partial charge in [0.1, 0.15) is 24.1 Å². The first-order valence-corrected chi connectivity index (χ1v) is 8.46. The molecule has 2 aromatic rings. The number of ether oxygens (including phenoxy) is 1. The molecule has 4 rings (SSSR count). The van der Waals surface area contributed by atoms with Gasteiger partial charge in [0.15, 0.2) is 17.7 Å². The van der Waals surface area contributed by atoms with E-state index in [1.165, 1.54) is 17.2 Å². The van der Waals surface area contributed by atoms with Gasteiger partial charge in [-0.25, -0.2) is 15.0 Å². The van der Waals surface area contributed by atoms with E-state index in [1.807, 2.05) is 0 Å². The Kier molecular flexibility index (Phi) is 4.23. The lowest BCUT2D eigenvalue weighted by molar-refractivity contribution is -0.125. The summed E-state index contributed by atoms with van der Waals surface area (Å²) in [5, 5.41) is 23.7. The molecule has 0 bridgehead atoms. The largest absolute Gasteiger partial charge is 0.388 e. The maximum atomic E-state index is 11.7. The third kappa shape index (κ3) is 2.78. The summed E-state index contributed by atoms with van der Waals surface area (Å²) in [5.74, 6) is 0.0122. The Labute approximate surface area is 148 Å². The first-order chi connectivity index (χ1) is 12.5. The second kappa shape index (κ2) is 6.43. The van der Waals surface area contributed by atoms with Crippen LogP contribution in [-0.4, -0.2) is 66.0 Å². The zero-order valence-corrected chi connectivity index (χ0v) is 13.9. The number of aliphatic hydroxyl groups is 2. The molecule has 0 aromatic carbocycles. The molecule has 0 saturated carbocycles. The fourth-order valence-electron chi connectivity index (χ4n) is 3.56. The summed E-state index contributed by atoms with van der Waals surface area (Å²) in [6.45, 7) is 0. The van der Waals surface area contributed by atoms with Gasteiger partial charge in [0, 0.05) is 6.04 Å². The molecule has 140 valence electrons. The molecule has 0 radical (unpaired) electrons. The Morgan fingerprint density at radius 1 is 1.27 bits per heavy atom. The van der Waals surface area contributed by atoms with Crippen molar-refractivity contribution in [3.05, 3.63) is 12.7 Å². The van der Waals surface area contributed by atoms with Gasteiger partial charge in [-0.05, 0) is 19.3 Å². The molecule has 2 saturated heterocycles. The maximum Gasteiger partial charge on any atom is 0.237 e. The summed E-state index contributed by atoms with van der Waals surface area (Å²) in [7, 11) is 0. The SMILES string of the molecule is Nc1ncnc2c1ncn2[C@@H]1O[C@H](CC2CCC(N)C(=O)N2)C(O)C1O. The standard InChI is InChI=1S/C15H21N7O4/c16-7-2-1-6(21-14(7)25)3-8-10(23)11(24)15(26-8)22-5-20-9-12(17)18-4-19-13(9)22/h4-8,10-11,15,23-24H,1-3,16H2,(H,21,25)(H2,17,18,19)/t6?,7?,8-,10?,11?,15-/m1/s1. The van der Waals surface area contributed by atoms with E-state index in [1.54, 1.807) is 0 Å². The quantitative estimate of drug-likeness (QED) is 0.414. The van der Waals surface area contributed by atoms with Crippen molar-refractivity contribution >= 4 is 22.9 Å². The Hall–Kier alpha value is -2.34. The Morgan fingerprint density at radius 2 is 2.08 bits per heavy atom. The van der Waals surface area contributed by atoms with E-state index in [-0.39, 0.29) is 17.8 Å². The molecular formula is C15H21N7O4. The predicted molar refractivity (Wildman–Crippen MR) is 89.4 cm³/mol. The number of piperidine rings is 1. The normalized spacial score (nSPS) is 35.0. The van der Waals surface area contributed by atoms with Crippen molar-refractivity contribution in [1.29, 1.82) is 0 Å². The second-order valence-corrected chi connectivity index (χ2v) is 6.75. The zero-order chi connectivity index (χ0) is 18.4. The molecule has 2 aliphatic rings. The number of amides is 1. The molecule has 4 heterocycles. The van der Waals surface area contributed by atoms with Gasteiger partial charge in [0.05, 0.1) is 18.5 Å². The monoisotopic (exact) mass is 363 g/mol. The maximum absolute atomic E-state index is 11.7. The van der Waals surface area contributed by atoms with Gasteiger partial charge < -0.3 is 31.7 Å². The minimum Gasteiger partial charge on any atom is -0.388 e. The van der Waals surface area contributed by atoms with E-state index >= 15 is 0 Å². The molecule has 4 unspecified atom stereocenters. The Morgan fingerprint density at radius 3 is 2.85 bits per heavy atom. The van der Waals surface area contributed by atoms with Gasteiger partial charge >= 0.3 is 0 Å². The Balaban J connectivity index is 1.52. The number of hydrogen-bond donors (Lipinski definition) is 5. The summed E-state index contributed by atoms with van der Waals surface area (Å²) in [4.78, 5) is 23.9. The highest BCUT2D eigenvalue weighted by molar-refractivity contribution is 5.82. The number of nitrogen functional groups attached to an aromatic ring is 1. The predicted octanol–water partition coefficient (Wildman–Crippen LogP) is -1.98. The van der Waals surface area contributed by atoms with Crippen molar-refractivity contribution in [2.75, 3.05) is 5.73 Å². The number of fused-ring (bicyclic) bond motifs is 1. The van der Waals surface area contributed by atoms with E-state index in [0.29, 0.717) is 30.4 Å². The summed E-state index contributed by atoms with van der Waals surface area (Å²) < 4.78 is 7.41. The van der Waals surface area contributed by atoms with Gasteiger partial charge in [-0.1, -0.05) is 0 Å². The first-order valence-electron chi connectivity index (χ1n) is 8.46. The molecule has 0 spiro atoms. The van der Waals surface area contributed by atoms with Crippen molar-refractivity contribution < 1.29 is 19.7 Å². The van der Waals surface area contributed by atoms with Crippen LogP contribution >= 0.6 is 0 Å². The fraction of sp³-hybridized carbons (Fsp3) is 0.600. The number of carbonyl (C=O) groups is 1. The molecule has 2 aromatic heterocycles. The number of nitrogens with one attached hydrogen (secondary N) is 1. The van der Waals surface area contributed by atoms with Gasteiger partial charge in [0.2, 0.25) is 5.91 Å². The topological polar surface area (TPSA) is 174 Å². The van der Waals surface area contributed by atoms with Crippen molar-refractivity contribution in [3.63, 3.8) is 0 Å². The van der Waals surface area contributed by atoms with Crippen LogP contribution in [0.25, 0.3) is 11.2 Å². The van der Waals surface area contributed by atoms with Crippen LogP contribution in [0.15, 0.2) is 12.7 Å². The highest BCUT2D eigenvalue weighted by Gasteiger charge is 2.45. The number of aliphatic hydroxyl groups excluding tert-OH is 2. The number of anilines is 1. The van der Waals surface area contributed by atoms with Crippen LogP contribution < -0.4 is 16.8 Å². The van der Waals surface area contributed by atoms with Crippen LogP contribution in [0.1, 0.15) is 25.5 Å². The van der Waals surface area contributed by atoms with Gasteiger partial charge in [-0.3, -0.25) is 9.36 Å². The van der Waals surface area contributed by atoms with Crippen LogP contribution in [0.5, 0.6) is 0 Å². The van der Waals surface area contributed by atoms with E-state index in [0.717, 1.165) is 0 Å². The highest BCUT2D eigenvalue weighted by Crippen LogP contribution is 2.34. The summed E-state index contributed by atoms with van der Waals surface area (Å²) in [5.41, 5.74) is 12.3. The van der Waals surface area contributed by atoms with Crippen molar-refractivity contribution in [2.45, 2.75) is 55.9 Å². The minimum absolute atomic E-state index is 0.162. The van der Waals surface area contributed by atoms with Crippen LogP contribution in [0, 0.1) is 0 Å². The Bertz CT molecular complexity index is 827. The molecule has 26 heavy (non-hydrogen) atoms. The molecule has 11 heteroatoms. The van der Waals surface area contributed by atoms with Gasteiger partial charge in [0.25, 0.3) is 0 Å². The van der Waals surface area contributed by atoms with Crippen LogP contribution in [-0.2, 0) is 9.53 Å². The molecular weight excluding hydrogens is 342 g/mol. The first kappa shape index (κ1) is 17.1. The van der Waals surface area contributed by atoms with E-state index < -0.39 is 30.6 Å². The van der Waals surface area contributed by atoms with Crippen molar-refractivity contribution in [1.82, 2.24) is 24.8 Å². The highest BCUT2D eigenvalue weighted by atomic mass is 16.6. The van der Waals surface area contributed by atoms with E-state index in [9.17, 15) is 15.0 Å². The number of nitrogens with zero attached hydrogens (tertiary/aromatic N) is 4. The lowest BCUT2D eigenvalue weighted by atomic mass is 9.94. The van der Waals surface area contributed by atoms with Gasteiger partial charge in [-0.15, -0.1) is 0 Å². The average molecular weight is 363 g/mol. The van der Waals surface area contributed by atoms with E-state index in [2.05, 4.69) is 20.3 Å². The molecule has 6 atom stereocenters. The van der Waals surface area contributed by atoms with E-state index in [4.69, 9.17) is 16.2 Å². The number of hydrogen-bond acceptors (Lipinski definition) is 9. The molecule has 0 aliphatic carbocycles. The van der Waals surface area contributed by atoms with Crippen LogP contribution in [0.3, 0.4) is 0 Å². The van der Waals surface area contributed by atoms with Gasteiger partial charge in [-0.2, -0.15) is 0 Å². The lowest BCUT2D eigenvalue weighted by Gasteiger charge is -2.29.